The summed E-state index contributed by atoms with van der Waals surface area (Å²) in [5, 5.41) is 5.97. The van der Waals surface area contributed by atoms with Gasteiger partial charge in [-0.1, -0.05) is 40.9 Å². The first kappa shape index (κ1) is 17.3. The highest BCUT2D eigenvalue weighted by molar-refractivity contribution is 6.39. The first-order valence-corrected chi connectivity index (χ1v) is 9.38. The third kappa shape index (κ3) is 3.31. The number of nitrogens with zero attached hydrogens (tertiary/aromatic N) is 1. The number of hydrogen-bond acceptors (Lipinski definition) is 2. The monoisotopic (exact) mass is 396 g/mol. The summed E-state index contributed by atoms with van der Waals surface area (Å²) in [6.45, 7) is 2.83. The van der Waals surface area contributed by atoms with E-state index in [4.69, 9.17) is 44.3 Å². The van der Waals surface area contributed by atoms with Gasteiger partial charge in [-0.3, -0.25) is 0 Å². The second-order valence-electron chi connectivity index (χ2n) is 6.53. The Morgan fingerprint density at radius 1 is 1.04 bits per heavy atom. The van der Waals surface area contributed by atoms with Crippen LogP contribution in [-0.2, 0) is 12.0 Å². The number of piperidine rings is 1. The molecule has 131 valence electrons. The Morgan fingerprint density at radius 3 is 2.48 bits per heavy atom. The Balaban J connectivity index is 1.52. The van der Waals surface area contributed by atoms with Crippen molar-refractivity contribution in [1.82, 2.24) is 5.32 Å². The molecule has 0 unspecified atom stereocenters. The predicted molar refractivity (Wildman–Crippen MR) is 101 cm³/mol. The Bertz CT molecular complexity index is 780. The highest BCUT2D eigenvalue weighted by Gasteiger charge is 2.41. The minimum atomic E-state index is 0.123. The zero-order valence-electron chi connectivity index (χ0n) is 13.5. The van der Waals surface area contributed by atoms with Gasteiger partial charge in [-0.25, -0.2) is 5.32 Å². The molecule has 0 amide bonds. The summed E-state index contributed by atoms with van der Waals surface area (Å²) in [5.41, 5.74) is 2.12. The fraction of sp³-hybridized carbons (Fsp3) is 0.368. The molecule has 2 heterocycles. The van der Waals surface area contributed by atoms with Gasteiger partial charge in [0.15, 0.2) is 0 Å². The molecule has 1 radical (unpaired) electrons. The highest BCUT2D eigenvalue weighted by atomic mass is 35.5. The maximum Gasteiger partial charge on any atom is 0.126 e. The molecule has 2 aromatic rings. The lowest BCUT2D eigenvalue weighted by molar-refractivity contribution is 0.218. The molecule has 3 nitrogen and oxygen atoms in total. The van der Waals surface area contributed by atoms with Gasteiger partial charge in [-0.15, -0.1) is 0 Å². The van der Waals surface area contributed by atoms with Gasteiger partial charge in [-0.05, 0) is 31.0 Å². The average molecular weight is 398 g/mol. The summed E-state index contributed by atoms with van der Waals surface area (Å²) < 4.78 is 11.8. The van der Waals surface area contributed by atoms with Gasteiger partial charge in [-0.2, -0.15) is 0 Å². The summed E-state index contributed by atoms with van der Waals surface area (Å²) >= 11 is 18.4. The normalized spacial score (nSPS) is 18.0. The number of benzene rings is 2. The Labute approximate surface area is 162 Å². The lowest BCUT2D eigenvalue weighted by atomic mass is 9.75. The maximum absolute atomic E-state index is 6.21. The molecule has 4 rings (SSSR count). The summed E-state index contributed by atoms with van der Waals surface area (Å²) in [4.78, 5) is 0. The van der Waals surface area contributed by atoms with E-state index in [0.29, 0.717) is 15.1 Å². The molecular weight excluding hydrogens is 381 g/mol. The van der Waals surface area contributed by atoms with Crippen LogP contribution in [-0.4, -0.2) is 19.7 Å². The number of halogens is 3. The second kappa shape index (κ2) is 6.88. The quantitative estimate of drug-likeness (QED) is 0.708. The van der Waals surface area contributed by atoms with Gasteiger partial charge in [0.05, 0.1) is 16.7 Å². The third-order valence-corrected chi connectivity index (χ3v) is 5.91. The van der Waals surface area contributed by atoms with Crippen molar-refractivity contribution in [2.45, 2.75) is 24.9 Å². The zero-order valence-corrected chi connectivity index (χ0v) is 15.8. The van der Waals surface area contributed by atoms with Gasteiger partial charge in [0, 0.05) is 40.7 Å². The van der Waals surface area contributed by atoms with Crippen LogP contribution in [0, 0.1) is 0 Å². The average Bonchev–Trinajstić information content (AvgIpc) is 2.92. The van der Waals surface area contributed by atoms with Crippen molar-refractivity contribution in [2.75, 3.05) is 19.7 Å². The number of ether oxygens (including phenoxy) is 2. The van der Waals surface area contributed by atoms with Crippen LogP contribution in [0.4, 0.5) is 0 Å². The standard InChI is InChI=1S/C19H17Cl3NO2/c20-12-7-16(21)14(17(22)8-12)10-24-13-1-2-15-18(9-13)25-11-19(15)3-5-23-6-4-19/h1-2,7-9H,3-6,10-11H2. The van der Waals surface area contributed by atoms with Crippen LogP contribution in [0.5, 0.6) is 11.5 Å². The first-order chi connectivity index (χ1) is 12.1. The molecule has 0 aliphatic carbocycles. The van der Waals surface area contributed by atoms with E-state index in [2.05, 4.69) is 11.4 Å². The second-order valence-corrected chi connectivity index (χ2v) is 7.79. The van der Waals surface area contributed by atoms with Gasteiger partial charge in [0.25, 0.3) is 0 Å². The summed E-state index contributed by atoms with van der Waals surface area (Å²) in [5.74, 6) is 1.64. The van der Waals surface area contributed by atoms with Crippen LogP contribution < -0.4 is 14.8 Å². The molecule has 0 saturated carbocycles. The smallest absolute Gasteiger partial charge is 0.126 e. The van der Waals surface area contributed by atoms with E-state index in [1.54, 1.807) is 12.1 Å². The molecule has 0 bridgehead atoms. The van der Waals surface area contributed by atoms with E-state index in [1.165, 1.54) is 5.56 Å². The minimum absolute atomic E-state index is 0.123. The minimum Gasteiger partial charge on any atom is -0.492 e. The molecule has 2 aliphatic rings. The van der Waals surface area contributed by atoms with E-state index in [1.807, 2.05) is 12.1 Å². The summed E-state index contributed by atoms with van der Waals surface area (Å²) in [7, 11) is 0. The zero-order chi connectivity index (χ0) is 17.4. The largest absolute Gasteiger partial charge is 0.492 e. The molecule has 2 aliphatic heterocycles. The van der Waals surface area contributed by atoms with Crippen LogP contribution in [0.15, 0.2) is 30.3 Å². The molecule has 1 fully saturated rings. The lowest BCUT2D eigenvalue weighted by Gasteiger charge is -2.31. The Kier molecular flexibility index (Phi) is 4.76. The van der Waals surface area contributed by atoms with Gasteiger partial charge < -0.3 is 9.47 Å². The molecule has 25 heavy (non-hydrogen) atoms. The van der Waals surface area contributed by atoms with Crippen molar-refractivity contribution in [3.63, 3.8) is 0 Å². The molecule has 1 saturated heterocycles. The van der Waals surface area contributed by atoms with Crippen LogP contribution >= 0.6 is 34.8 Å². The van der Waals surface area contributed by atoms with Crippen LogP contribution in [0.3, 0.4) is 0 Å². The maximum atomic E-state index is 6.21. The fourth-order valence-electron chi connectivity index (χ4n) is 3.55. The van der Waals surface area contributed by atoms with E-state index in [0.717, 1.165) is 49.6 Å². The molecule has 1 spiro atoms. The summed E-state index contributed by atoms with van der Waals surface area (Å²) in [6, 6.07) is 9.38. The third-order valence-electron chi connectivity index (χ3n) is 5.01. The van der Waals surface area contributed by atoms with Crippen molar-refractivity contribution in [3.05, 3.63) is 56.5 Å². The molecule has 0 atom stereocenters. The van der Waals surface area contributed by atoms with Gasteiger partial charge in [0.1, 0.15) is 18.1 Å². The lowest BCUT2D eigenvalue weighted by Crippen LogP contribution is -2.38. The predicted octanol–water partition coefficient (Wildman–Crippen LogP) is 5.25. The number of fused-ring (bicyclic) bond motifs is 2. The van der Waals surface area contributed by atoms with E-state index < -0.39 is 0 Å². The van der Waals surface area contributed by atoms with E-state index >= 15 is 0 Å². The van der Waals surface area contributed by atoms with Crippen molar-refractivity contribution < 1.29 is 9.47 Å². The first-order valence-electron chi connectivity index (χ1n) is 8.24. The SMILES string of the molecule is Clc1cc(Cl)c(COc2ccc3c(c2)OCC32CC[N]CC2)c(Cl)c1. The van der Waals surface area contributed by atoms with Crippen molar-refractivity contribution >= 4 is 34.8 Å². The molecule has 2 aromatic carbocycles. The van der Waals surface area contributed by atoms with Crippen molar-refractivity contribution in [1.29, 1.82) is 0 Å². The number of rotatable bonds is 3. The Morgan fingerprint density at radius 2 is 1.76 bits per heavy atom. The molecule has 0 aromatic heterocycles. The van der Waals surface area contributed by atoms with Crippen LogP contribution in [0.2, 0.25) is 15.1 Å². The van der Waals surface area contributed by atoms with Gasteiger partial charge in [0.2, 0.25) is 0 Å². The topological polar surface area (TPSA) is 32.6 Å². The van der Waals surface area contributed by atoms with Crippen LogP contribution in [0.1, 0.15) is 24.0 Å². The fourth-order valence-corrected chi connectivity index (χ4v) is 4.47. The van der Waals surface area contributed by atoms with E-state index in [9.17, 15) is 0 Å². The van der Waals surface area contributed by atoms with Gasteiger partial charge >= 0.3 is 0 Å². The molecular formula is C19H17Cl3NO2. The van der Waals surface area contributed by atoms with E-state index in [-0.39, 0.29) is 12.0 Å². The molecule has 6 heteroatoms. The molecule has 0 N–H and O–H groups in total. The highest BCUT2D eigenvalue weighted by Crippen LogP contribution is 2.46. The van der Waals surface area contributed by atoms with Crippen molar-refractivity contribution in [2.24, 2.45) is 0 Å². The Hall–Kier alpha value is -1.13. The van der Waals surface area contributed by atoms with Crippen LogP contribution in [0.25, 0.3) is 0 Å². The number of hydrogen-bond donors (Lipinski definition) is 0. The summed E-state index contributed by atoms with van der Waals surface area (Å²) in [6.07, 6.45) is 2.10. The van der Waals surface area contributed by atoms with Crippen molar-refractivity contribution in [3.8, 4) is 11.5 Å².